The lowest BCUT2D eigenvalue weighted by Gasteiger charge is -2.27. The average molecular weight is 411 g/mol. The van der Waals surface area contributed by atoms with Gasteiger partial charge in [-0.15, -0.1) is 0 Å². The van der Waals surface area contributed by atoms with Gasteiger partial charge in [-0.1, -0.05) is 24.3 Å². The summed E-state index contributed by atoms with van der Waals surface area (Å²) in [6.45, 7) is 2.25. The van der Waals surface area contributed by atoms with Crippen LogP contribution in [0.1, 0.15) is 47.3 Å². The molecule has 2 atom stereocenters. The number of carbonyl (C=O) groups is 1. The number of fused-ring (bicyclic) bond motifs is 1. The van der Waals surface area contributed by atoms with E-state index in [-0.39, 0.29) is 24.4 Å². The Morgan fingerprint density at radius 2 is 2.10 bits per heavy atom. The molecular weight excluding hydrogens is 382 g/mol. The van der Waals surface area contributed by atoms with Crippen LogP contribution in [-0.2, 0) is 29.0 Å². The van der Waals surface area contributed by atoms with Crippen LogP contribution in [0, 0.1) is 0 Å². The highest BCUT2D eigenvalue weighted by Crippen LogP contribution is 2.25. The summed E-state index contributed by atoms with van der Waals surface area (Å²) in [6, 6.07) is 11.2. The van der Waals surface area contributed by atoms with E-state index < -0.39 is 6.10 Å². The minimum Gasteiger partial charge on any atom is -0.508 e. The molecule has 2 aromatic rings. The lowest BCUT2D eigenvalue weighted by Crippen LogP contribution is -2.37. The molecule has 0 aromatic heterocycles. The largest absolute Gasteiger partial charge is 0.508 e. The second-order valence-corrected chi connectivity index (χ2v) is 7.52. The number of rotatable bonds is 8. The second kappa shape index (κ2) is 10.4. The first kappa shape index (κ1) is 22.0. The van der Waals surface area contributed by atoms with Gasteiger partial charge in [-0.25, -0.2) is 4.79 Å². The van der Waals surface area contributed by atoms with Crippen molar-refractivity contribution in [2.75, 3.05) is 13.2 Å². The minimum absolute atomic E-state index is 0.0260. The highest BCUT2D eigenvalue weighted by Gasteiger charge is 2.20. The maximum absolute atomic E-state index is 11.5. The smallest absolute Gasteiger partial charge is 0.330 e. The zero-order valence-corrected chi connectivity index (χ0v) is 17.2. The van der Waals surface area contributed by atoms with Crippen molar-refractivity contribution < 1.29 is 24.9 Å². The molecule has 0 saturated carbocycles. The van der Waals surface area contributed by atoms with Crippen LogP contribution in [0.2, 0.25) is 0 Å². The van der Waals surface area contributed by atoms with Gasteiger partial charge in [0.25, 0.3) is 0 Å². The van der Waals surface area contributed by atoms with Crippen molar-refractivity contribution in [1.29, 1.82) is 0 Å². The summed E-state index contributed by atoms with van der Waals surface area (Å²) in [5.74, 6) is -0.319. The number of aliphatic hydroxyl groups is 2. The molecule has 0 aliphatic heterocycles. The van der Waals surface area contributed by atoms with Crippen LogP contribution in [0.5, 0.6) is 5.75 Å². The number of esters is 1. The Morgan fingerprint density at radius 1 is 1.27 bits per heavy atom. The Hall–Kier alpha value is -2.67. The molecule has 6 nitrogen and oxygen atoms in total. The van der Waals surface area contributed by atoms with E-state index in [0.717, 1.165) is 24.8 Å². The molecule has 160 valence electrons. The van der Waals surface area contributed by atoms with Crippen LogP contribution in [-0.4, -0.2) is 40.5 Å². The summed E-state index contributed by atoms with van der Waals surface area (Å²) in [4.78, 5) is 11.5. The second-order valence-electron chi connectivity index (χ2n) is 7.52. The molecule has 1 aliphatic rings. The summed E-state index contributed by atoms with van der Waals surface area (Å²) in [7, 11) is 0. The summed E-state index contributed by atoms with van der Waals surface area (Å²) in [5.41, 5.74) is 4.58. The third kappa shape index (κ3) is 5.69. The average Bonchev–Trinajstić information content (AvgIpc) is 2.76. The molecule has 1 aliphatic carbocycles. The van der Waals surface area contributed by atoms with Gasteiger partial charge in [0.05, 0.1) is 19.3 Å². The fourth-order valence-corrected chi connectivity index (χ4v) is 3.75. The molecule has 0 fully saturated rings. The molecule has 6 heteroatoms. The first-order valence-electron chi connectivity index (χ1n) is 10.3. The number of benzene rings is 2. The molecule has 0 radical (unpaired) electrons. The molecule has 0 bridgehead atoms. The van der Waals surface area contributed by atoms with E-state index in [0.29, 0.717) is 24.3 Å². The van der Waals surface area contributed by atoms with E-state index in [1.54, 1.807) is 25.1 Å². The number of nitrogens with one attached hydrogen (secondary N) is 1. The summed E-state index contributed by atoms with van der Waals surface area (Å²) < 4.78 is 4.92. The number of carbonyl (C=O) groups excluding carboxylic acids is 1. The van der Waals surface area contributed by atoms with Crippen LogP contribution in [0.25, 0.3) is 6.08 Å². The molecule has 0 saturated heterocycles. The van der Waals surface area contributed by atoms with E-state index in [4.69, 9.17) is 4.74 Å². The standard InChI is InChI=1S/C24H29NO5/c1-2-30-24(29)10-4-16-3-5-17-6-8-21(13-19(17)11-16)25-14-23(28)18-7-9-22(27)20(12-18)15-26/h3-5,7,9-12,21,23,25-28H,2,6,8,13-15H2,1H3/t21-,23?/m0/s1. The number of aromatic hydroxyl groups is 1. The van der Waals surface area contributed by atoms with Gasteiger partial charge in [0.1, 0.15) is 5.75 Å². The number of ether oxygens (including phenoxy) is 1. The van der Waals surface area contributed by atoms with Crippen molar-refractivity contribution in [3.05, 3.63) is 70.3 Å². The number of hydrogen-bond donors (Lipinski definition) is 4. The quantitative estimate of drug-likeness (QED) is 0.394. The third-order valence-corrected chi connectivity index (χ3v) is 5.42. The van der Waals surface area contributed by atoms with Crippen molar-refractivity contribution in [2.24, 2.45) is 0 Å². The van der Waals surface area contributed by atoms with Gasteiger partial charge in [0.15, 0.2) is 0 Å². The van der Waals surface area contributed by atoms with Gasteiger partial charge < -0.3 is 25.4 Å². The van der Waals surface area contributed by atoms with Crippen molar-refractivity contribution in [2.45, 2.75) is 44.9 Å². The highest BCUT2D eigenvalue weighted by molar-refractivity contribution is 5.87. The number of aliphatic hydroxyl groups excluding tert-OH is 2. The van der Waals surface area contributed by atoms with Crippen molar-refractivity contribution in [1.82, 2.24) is 5.32 Å². The van der Waals surface area contributed by atoms with Gasteiger partial charge in [-0.3, -0.25) is 0 Å². The fourth-order valence-electron chi connectivity index (χ4n) is 3.75. The molecular formula is C24H29NO5. The van der Waals surface area contributed by atoms with Gasteiger partial charge in [-0.05, 0) is 66.6 Å². The maximum atomic E-state index is 11.5. The Bertz CT molecular complexity index is 908. The van der Waals surface area contributed by atoms with Crippen LogP contribution in [0.4, 0.5) is 0 Å². The van der Waals surface area contributed by atoms with Crippen LogP contribution in [0.15, 0.2) is 42.5 Å². The molecule has 0 spiro atoms. The predicted molar refractivity (Wildman–Crippen MR) is 115 cm³/mol. The Balaban J connectivity index is 1.59. The fraction of sp³-hybridized carbons (Fsp3) is 0.375. The number of aryl methyl sites for hydroxylation is 1. The topological polar surface area (TPSA) is 99.0 Å². The lowest BCUT2D eigenvalue weighted by molar-refractivity contribution is -0.137. The predicted octanol–water partition coefficient (Wildman–Crippen LogP) is 2.64. The number of phenols is 1. The summed E-state index contributed by atoms with van der Waals surface area (Å²) >= 11 is 0. The Labute approximate surface area is 176 Å². The van der Waals surface area contributed by atoms with Gasteiger partial charge in [0, 0.05) is 24.2 Å². The molecule has 4 N–H and O–H groups in total. The van der Waals surface area contributed by atoms with Crippen molar-refractivity contribution in [3.8, 4) is 5.75 Å². The first-order chi connectivity index (χ1) is 14.5. The summed E-state index contributed by atoms with van der Waals surface area (Å²) in [5, 5.41) is 32.9. The normalized spacial score (nSPS) is 17.0. The monoisotopic (exact) mass is 411 g/mol. The van der Waals surface area contributed by atoms with Crippen molar-refractivity contribution in [3.63, 3.8) is 0 Å². The zero-order valence-electron chi connectivity index (χ0n) is 17.2. The minimum atomic E-state index is -0.726. The molecule has 0 heterocycles. The zero-order chi connectivity index (χ0) is 21.5. The van der Waals surface area contributed by atoms with Crippen LogP contribution >= 0.6 is 0 Å². The molecule has 30 heavy (non-hydrogen) atoms. The van der Waals surface area contributed by atoms with Gasteiger partial charge >= 0.3 is 5.97 Å². The van der Waals surface area contributed by atoms with Crippen molar-refractivity contribution >= 4 is 12.0 Å². The van der Waals surface area contributed by atoms with E-state index in [1.165, 1.54) is 23.3 Å². The summed E-state index contributed by atoms with van der Waals surface area (Å²) in [6.07, 6.45) is 5.27. The van der Waals surface area contributed by atoms with E-state index in [9.17, 15) is 20.1 Å². The van der Waals surface area contributed by atoms with Gasteiger partial charge in [-0.2, -0.15) is 0 Å². The molecule has 2 aromatic carbocycles. The van der Waals surface area contributed by atoms with Crippen LogP contribution in [0.3, 0.4) is 0 Å². The van der Waals surface area contributed by atoms with Crippen LogP contribution < -0.4 is 5.32 Å². The Kier molecular flexibility index (Phi) is 7.63. The lowest BCUT2D eigenvalue weighted by atomic mass is 9.87. The number of hydrogen-bond acceptors (Lipinski definition) is 6. The molecule has 1 unspecified atom stereocenters. The molecule has 0 amide bonds. The van der Waals surface area contributed by atoms with E-state index >= 15 is 0 Å². The Morgan fingerprint density at radius 3 is 2.87 bits per heavy atom. The first-order valence-corrected chi connectivity index (χ1v) is 10.3. The van der Waals surface area contributed by atoms with Gasteiger partial charge in [0.2, 0.25) is 0 Å². The maximum Gasteiger partial charge on any atom is 0.330 e. The van der Waals surface area contributed by atoms with E-state index in [1.807, 2.05) is 6.07 Å². The molecule has 3 rings (SSSR count). The SMILES string of the molecule is CCOC(=O)C=Cc1ccc2c(c1)C[C@@H](NCC(O)c1ccc(O)c(CO)c1)CC2. The third-order valence-electron chi connectivity index (χ3n) is 5.42. The highest BCUT2D eigenvalue weighted by atomic mass is 16.5. The van der Waals surface area contributed by atoms with E-state index in [2.05, 4.69) is 17.4 Å².